The van der Waals surface area contributed by atoms with Crippen molar-refractivity contribution in [2.75, 3.05) is 34.0 Å². The standard InChI is InChI=1S/C31H49N3O16/c1-13(38)33-23-25(42)28(20(11-36)47-30(23)45-3)50-31-24(34-22(41)7-5-14-4-6-16(39)17(40)8-14)26(43)27(21(12-37)48-31)49-29-15(32)9-18(44-2)19(10-35)46-29/h4,6,8,15,18-21,23-31,35-37,39-40,42-43H,5,7,9-12,32H2,1-3H3,(H,33,38)(H,34,41). The average Bonchev–Trinajstić information content (AvgIpc) is 3.09. The molecular weight excluding hydrogens is 670 g/mol. The zero-order valence-corrected chi connectivity index (χ0v) is 27.9. The Hall–Kier alpha value is -2.76. The fourth-order valence-corrected chi connectivity index (χ4v) is 6.31. The lowest BCUT2D eigenvalue weighted by atomic mass is 9.94. The van der Waals surface area contributed by atoms with Gasteiger partial charge in [0.25, 0.3) is 0 Å². The van der Waals surface area contributed by atoms with Crippen LogP contribution in [0.4, 0.5) is 0 Å². The van der Waals surface area contributed by atoms with Crippen LogP contribution in [-0.2, 0) is 49.2 Å². The van der Waals surface area contributed by atoms with Gasteiger partial charge in [-0.1, -0.05) is 6.07 Å². The third-order valence-electron chi connectivity index (χ3n) is 8.96. The van der Waals surface area contributed by atoms with Crippen molar-refractivity contribution in [3.05, 3.63) is 23.8 Å². The molecule has 19 nitrogen and oxygen atoms in total. The summed E-state index contributed by atoms with van der Waals surface area (Å²) < 4.78 is 40.4. The van der Waals surface area contributed by atoms with Crippen LogP contribution in [0.5, 0.6) is 11.5 Å². The second kappa shape index (κ2) is 18.1. The van der Waals surface area contributed by atoms with Gasteiger partial charge in [0.1, 0.15) is 54.8 Å². The quantitative estimate of drug-likeness (QED) is 0.0821. The number of methoxy groups -OCH3 is 2. The fraction of sp³-hybridized carbons (Fsp3) is 0.742. The number of nitrogens with one attached hydrogen (secondary N) is 2. The van der Waals surface area contributed by atoms with Crippen molar-refractivity contribution >= 4 is 11.8 Å². The Morgan fingerprint density at radius 2 is 1.38 bits per heavy atom. The van der Waals surface area contributed by atoms with Gasteiger partial charge in [0.05, 0.1) is 32.0 Å². The van der Waals surface area contributed by atoms with Crippen LogP contribution in [0.3, 0.4) is 0 Å². The van der Waals surface area contributed by atoms with Crippen LogP contribution in [0, 0.1) is 0 Å². The summed E-state index contributed by atoms with van der Waals surface area (Å²) in [5.74, 6) is -1.85. The van der Waals surface area contributed by atoms with E-state index in [9.17, 15) is 45.3 Å². The molecule has 1 aromatic rings. The van der Waals surface area contributed by atoms with Crippen molar-refractivity contribution in [2.45, 2.75) is 112 Å². The monoisotopic (exact) mass is 719 g/mol. The SMILES string of the molecule is COC1CC(N)C(OC2C(CO)OC(OC3C(CO)OC(OC)C(NC(C)=O)C3O)C(NC(=O)CCc3ccc(O)c(O)c3)C2O)OC1CO. The third kappa shape index (κ3) is 9.36. The van der Waals surface area contributed by atoms with Crippen molar-refractivity contribution in [3.63, 3.8) is 0 Å². The zero-order valence-electron chi connectivity index (χ0n) is 27.9. The number of hydrogen-bond acceptors (Lipinski definition) is 17. The Balaban J connectivity index is 1.60. The largest absolute Gasteiger partial charge is 0.504 e. The highest BCUT2D eigenvalue weighted by atomic mass is 16.7. The molecule has 284 valence electrons. The van der Waals surface area contributed by atoms with Gasteiger partial charge in [-0.05, 0) is 30.5 Å². The summed E-state index contributed by atoms with van der Waals surface area (Å²) in [7, 11) is 2.71. The number of phenolic OH excluding ortho intramolecular Hbond substituents is 2. The summed E-state index contributed by atoms with van der Waals surface area (Å²) in [4.78, 5) is 25.2. The number of carbonyl (C=O) groups excluding carboxylic acids is 2. The van der Waals surface area contributed by atoms with E-state index in [4.69, 9.17) is 38.9 Å². The minimum atomic E-state index is -1.68. The van der Waals surface area contributed by atoms with Crippen molar-refractivity contribution in [2.24, 2.45) is 5.73 Å². The zero-order chi connectivity index (χ0) is 36.7. The summed E-state index contributed by atoms with van der Waals surface area (Å²) in [6.45, 7) is -0.620. The molecule has 2 amide bonds. The van der Waals surface area contributed by atoms with Crippen LogP contribution in [0.15, 0.2) is 18.2 Å². The Labute approximate surface area is 288 Å². The Bertz CT molecular complexity index is 1260. The van der Waals surface area contributed by atoms with E-state index in [0.29, 0.717) is 5.56 Å². The van der Waals surface area contributed by atoms with E-state index in [1.54, 1.807) is 0 Å². The van der Waals surface area contributed by atoms with E-state index in [1.165, 1.54) is 39.3 Å². The summed E-state index contributed by atoms with van der Waals surface area (Å²) in [5.41, 5.74) is 6.80. The molecule has 3 aliphatic rings. The number of aryl methyl sites for hydroxylation is 1. The summed E-state index contributed by atoms with van der Waals surface area (Å²) in [6.07, 6.45) is -13.8. The van der Waals surface area contributed by atoms with Crippen LogP contribution in [0.2, 0.25) is 0 Å². The number of hydrogen-bond donors (Lipinski definition) is 10. The molecule has 14 unspecified atom stereocenters. The van der Waals surface area contributed by atoms with Gasteiger partial charge in [-0.25, -0.2) is 0 Å². The van der Waals surface area contributed by atoms with E-state index in [0.717, 1.165) is 0 Å². The van der Waals surface area contributed by atoms with Gasteiger partial charge in [0.2, 0.25) is 11.8 Å². The molecule has 0 aliphatic carbocycles. The van der Waals surface area contributed by atoms with Gasteiger partial charge in [-0.15, -0.1) is 0 Å². The molecular formula is C31H49N3O16. The van der Waals surface area contributed by atoms with E-state index < -0.39 is 117 Å². The second-order valence-electron chi connectivity index (χ2n) is 12.4. The molecule has 0 aromatic heterocycles. The maximum atomic E-state index is 13.3. The van der Waals surface area contributed by atoms with Gasteiger partial charge in [0.15, 0.2) is 30.4 Å². The minimum Gasteiger partial charge on any atom is -0.504 e. The molecule has 0 radical (unpaired) electrons. The predicted octanol–water partition coefficient (Wildman–Crippen LogP) is -3.96. The van der Waals surface area contributed by atoms with Gasteiger partial charge in [0, 0.05) is 27.6 Å². The normalized spacial score (nSPS) is 37.6. The lowest BCUT2D eigenvalue weighted by molar-refractivity contribution is -0.348. The van der Waals surface area contributed by atoms with Crippen LogP contribution < -0.4 is 16.4 Å². The summed E-state index contributed by atoms with van der Waals surface area (Å²) in [6, 6.07) is 0.670. The van der Waals surface area contributed by atoms with Gasteiger partial charge >= 0.3 is 0 Å². The van der Waals surface area contributed by atoms with Crippen LogP contribution in [0.1, 0.15) is 25.3 Å². The number of benzene rings is 1. The molecule has 3 saturated heterocycles. The molecule has 4 rings (SSSR count). The lowest BCUT2D eigenvalue weighted by Crippen LogP contribution is -2.70. The number of aromatic hydroxyl groups is 2. The number of rotatable bonds is 14. The third-order valence-corrected chi connectivity index (χ3v) is 8.96. The number of phenols is 2. The first-order valence-electron chi connectivity index (χ1n) is 16.2. The molecule has 3 fully saturated rings. The lowest BCUT2D eigenvalue weighted by Gasteiger charge is -2.49. The smallest absolute Gasteiger partial charge is 0.220 e. The molecule has 0 spiro atoms. The van der Waals surface area contributed by atoms with Crippen molar-refractivity contribution < 1.29 is 78.5 Å². The number of aliphatic hydroxyl groups is 5. The Morgan fingerprint density at radius 3 is 1.92 bits per heavy atom. The first-order chi connectivity index (χ1) is 23.8. The molecule has 3 heterocycles. The summed E-state index contributed by atoms with van der Waals surface area (Å²) in [5, 5.41) is 78.0. The maximum absolute atomic E-state index is 13.3. The van der Waals surface area contributed by atoms with E-state index >= 15 is 0 Å². The van der Waals surface area contributed by atoms with Crippen molar-refractivity contribution in [3.8, 4) is 11.5 Å². The number of carbonyl (C=O) groups is 2. The number of amides is 2. The van der Waals surface area contributed by atoms with Gasteiger partial charge in [-0.3, -0.25) is 9.59 Å². The second-order valence-corrected chi connectivity index (χ2v) is 12.4. The topological polar surface area (TPSA) is 290 Å². The summed E-state index contributed by atoms with van der Waals surface area (Å²) >= 11 is 0. The van der Waals surface area contributed by atoms with Crippen molar-refractivity contribution in [1.82, 2.24) is 10.6 Å². The minimum absolute atomic E-state index is 0.112. The van der Waals surface area contributed by atoms with Crippen LogP contribution in [-0.4, -0.2) is 167 Å². The first-order valence-corrected chi connectivity index (χ1v) is 16.2. The molecule has 1 aromatic carbocycles. The van der Waals surface area contributed by atoms with E-state index in [-0.39, 0.29) is 30.8 Å². The maximum Gasteiger partial charge on any atom is 0.220 e. The highest BCUT2D eigenvalue weighted by molar-refractivity contribution is 5.76. The number of ether oxygens (including phenoxy) is 7. The molecule has 19 heteroatoms. The van der Waals surface area contributed by atoms with Gasteiger partial charge in [-0.2, -0.15) is 0 Å². The molecule has 14 atom stereocenters. The molecule has 11 N–H and O–H groups in total. The number of aliphatic hydroxyl groups excluding tert-OH is 5. The first kappa shape index (κ1) is 40.0. The van der Waals surface area contributed by atoms with Crippen LogP contribution in [0.25, 0.3) is 0 Å². The molecule has 50 heavy (non-hydrogen) atoms. The Kier molecular flexibility index (Phi) is 14.5. The van der Waals surface area contributed by atoms with Crippen LogP contribution >= 0.6 is 0 Å². The predicted molar refractivity (Wildman–Crippen MR) is 167 cm³/mol. The number of nitrogens with two attached hydrogens (primary N) is 1. The molecule has 3 aliphatic heterocycles. The highest BCUT2D eigenvalue weighted by Crippen LogP contribution is 2.33. The average molecular weight is 720 g/mol. The van der Waals surface area contributed by atoms with Crippen molar-refractivity contribution in [1.29, 1.82) is 0 Å². The Morgan fingerprint density at radius 1 is 0.820 bits per heavy atom. The molecule has 0 saturated carbocycles. The van der Waals surface area contributed by atoms with E-state index in [1.807, 2.05) is 0 Å². The van der Waals surface area contributed by atoms with Gasteiger partial charge < -0.3 is 85.3 Å². The fourth-order valence-electron chi connectivity index (χ4n) is 6.31. The van der Waals surface area contributed by atoms with E-state index in [2.05, 4.69) is 10.6 Å². The highest BCUT2D eigenvalue weighted by Gasteiger charge is 2.53. The molecule has 0 bridgehead atoms.